The largest absolute Gasteiger partial charge is 0.497 e. The molecule has 0 aromatic heterocycles. The van der Waals surface area contributed by atoms with Crippen molar-refractivity contribution < 1.29 is 14.6 Å². The van der Waals surface area contributed by atoms with Crippen molar-refractivity contribution in [3.63, 3.8) is 0 Å². The van der Waals surface area contributed by atoms with Crippen LogP contribution in [-0.4, -0.2) is 18.2 Å². The van der Waals surface area contributed by atoms with Crippen LogP contribution in [0.3, 0.4) is 0 Å². The van der Waals surface area contributed by atoms with Crippen molar-refractivity contribution in [3.8, 4) is 5.75 Å². The second-order valence-electron chi connectivity index (χ2n) is 3.76. The van der Waals surface area contributed by atoms with Gasteiger partial charge in [0.1, 0.15) is 11.3 Å². The number of benzene rings is 1. The molecule has 3 N–H and O–H groups in total. The SMILES string of the molecule is CCC[C@@](N)(C(=O)O)c1ccc(OC)cc1. The van der Waals surface area contributed by atoms with Crippen molar-refractivity contribution in [1.82, 2.24) is 0 Å². The van der Waals surface area contributed by atoms with Crippen LogP contribution in [0.2, 0.25) is 0 Å². The predicted octanol–water partition coefficient (Wildman–Crippen LogP) is 1.73. The maximum absolute atomic E-state index is 11.2. The van der Waals surface area contributed by atoms with Crippen molar-refractivity contribution >= 4 is 5.97 Å². The van der Waals surface area contributed by atoms with Crippen molar-refractivity contribution in [2.45, 2.75) is 25.3 Å². The minimum Gasteiger partial charge on any atom is -0.497 e. The average Bonchev–Trinajstić information content (AvgIpc) is 2.29. The Balaban J connectivity index is 3.06. The molecule has 1 aromatic carbocycles. The molecule has 0 saturated heterocycles. The van der Waals surface area contributed by atoms with E-state index in [1.807, 2.05) is 6.92 Å². The Hall–Kier alpha value is -1.55. The third kappa shape index (κ3) is 2.33. The topological polar surface area (TPSA) is 72.6 Å². The molecular weight excluding hydrogens is 206 g/mol. The molecule has 1 rings (SSSR count). The number of aliphatic carboxylic acids is 1. The molecule has 0 aliphatic carbocycles. The number of carboxylic acid groups (broad SMARTS) is 1. The highest BCUT2D eigenvalue weighted by molar-refractivity contribution is 5.80. The standard InChI is InChI=1S/C12H17NO3/c1-3-8-12(13,11(14)15)9-4-6-10(16-2)7-5-9/h4-7H,3,8,13H2,1-2H3,(H,14,15)/t12-/m0/s1. The molecular formula is C12H17NO3. The predicted molar refractivity (Wildman–Crippen MR) is 61.4 cm³/mol. The lowest BCUT2D eigenvalue weighted by Crippen LogP contribution is -2.44. The van der Waals surface area contributed by atoms with E-state index in [2.05, 4.69) is 0 Å². The van der Waals surface area contributed by atoms with Crippen molar-refractivity contribution in [2.75, 3.05) is 7.11 Å². The van der Waals surface area contributed by atoms with Gasteiger partial charge in [0.05, 0.1) is 7.11 Å². The molecule has 0 saturated carbocycles. The molecule has 4 heteroatoms. The van der Waals surface area contributed by atoms with Gasteiger partial charge in [0.15, 0.2) is 0 Å². The molecule has 0 bridgehead atoms. The van der Waals surface area contributed by atoms with Gasteiger partial charge >= 0.3 is 5.97 Å². The van der Waals surface area contributed by atoms with Gasteiger partial charge in [-0.2, -0.15) is 0 Å². The molecule has 4 nitrogen and oxygen atoms in total. The fraction of sp³-hybridized carbons (Fsp3) is 0.417. The minimum atomic E-state index is -1.30. The van der Waals surface area contributed by atoms with Gasteiger partial charge in [-0.25, -0.2) is 4.79 Å². The number of carboxylic acids is 1. The molecule has 0 fully saturated rings. The van der Waals surface area contributed by atoms with E-state index in [1.165, 1.54) is 0 Å². The summed E-state index contributed by atoms with van der Waals surface area (Å²) in [5.74, 6) is -0.312. The van der Waals surface area contributed by atoms with Crippen LogP contribution in [0.25, 0.3) is 0 Å². The Morgan fingerprint density at radius 1 is 1.44 bits per heavy atom. The fourth-order valence-electron chi connectivity index (χ4n) is 1.66. The summed E-state index contributed by atoms with van der Waals surface area (Å²) in [6, 6.07) is 6.83. The lowest BCUT2D eigenvalue weighted by molar-refractivity contribution is -0.144. The maximum Gasteiger partial charge on any atom is 0.328 e. The molecule has 1 aromatic rings. The van der Waals surface area contributed by atoms with E-state index in [0.717, 1.165) is 6.42 Å². The molecule has 16 heavy (non-hydrogen) atoms. The van der Waals surface area contributed by atoms with E-state index in [0.29, 0.717) is 17.7 Å². The second-order valence-corrected chi connectivity index (χ2v) is 3.76. The maximum atomic E-state index is 11.2. The van der Waals surface area contributed by atoms with Crippen LogP contribution >= 0.6 is 0 Å². The molecule has 0 radical (unpaired) electrons. The number of hydrogen-bond acceptors (Lipinski definition) is 3. The zero-order valence-corrected chi connectivity index (χ0v) is 9.56. The number of rotatable bonds is 5. The second kappa shape index (κ2) is 4.99. The molecule has 0 aliphatic rings. The highest BCUT2D eigenvalue weighted by atomic mass is 16.5. The average molecular weight is 223 g/mol. The van der Waals surface area contributed by atoms with E-state index in [9.17, 15) is 9.90 Å². The van der Waals surface area contributed by atoms with Crippen LogP contribution < -0.4 is 10.5 Å². The van der Waals surface area contributed by atoms with E-state index in [4.69, 9.17) is 10.5 Å². The summed E-state index contributed by atoms with van der Waals surface area (Å²) in [5, 5.41) is 9.19. The Morgan fingerprint density at radius 3 is 2.38 bits per heavy atom. The highest BCUT2D eigenvalue weighted by Crippen LogP contribution is 2.26. The first-order chi connectivity index (χ1) is 7.54. The molecule has 0 amide bonds. The minimum absolute atomic E-state index is 0.411. The fourth-order valence-corrected chi connectivity index (χ4v) is 1.66. The molecule has 0 aliphatic heterocycles. The number of carbonyl (C=O) groups is 1. The summed E-state index contributed by atoms with van der Waals surface area (Å²) < 4.78 is 5.01. The first-order valence-electron chi connectivity index (χ1n) is 5.21. The number of hydrogen-bond donors (Lipinski definition) is 2. The molecule has 88 valence electrons. The van der Waals surface area contributed by atoms with Gasteiger partial charge in [-0.3, -0.25) is 0 Å². The number of methoxy groups -OCH3 is 1. The molecule has 1 atom stereocenters. The number of nitrogens with two attached hydrogens (primary N) is 1. The monoisotopic (exact) mass is 223 g/mol. The van der Waals surface area contributed by atoms with Crippen molar-refractivity contribution in [2.24, 2.45) is 5.73 Å². The molecule has 0 unspecified atom stereocenters. The van der Waals surface area contributed by atoms with Crippen LogP contribution in [0.5, 0.6) is 5.75 Å². The lowest BCUT2D eigenvalue weighted by atomic mass is 9.87. The lowest BCUT2D eigenvalue weighted by Gasteiger charge is -2.24. The Kier molecular flexibility index (Phi) is 3.90. The van der Waals surface area contributed by atoms with Crippen LogP contribution in [0.15, 0.2) is 24.3 Å². The van der Waals surface area contributed by atoms with Crippen molar-refractivity contribution in [1.29, 1.82) is 0 Å². The van der Waals surface area contributed by atoms with Gasteiger partial charge < -0.3 is 15.6 Å². The summed E-state index contributed by atoms with van der Waals surface area (Å²) in [4.78, 5) is 11.2. The van der Waals surface area contributed by atoms with Gasteiger partial charge in [0.25, 0.3) is 0 Å². The van der Waals surface area contributed by atoms with E-state index in [-0.39, 0.29) is 0 Å². The number of ether oxygens (including phenoxy) is 1. The highest BCUT2D eigenvalue weighted by Gasteiger charge is 2.34. The Bertz CT molecular complexity index is 361. The third-order valence-corrected chi connectivity index (χ3v) is 2.63. The van der Waals surface area contributed by atoms with Crippen LogP contribution in [0.4, 0.5) is 0 Å². The van der Waals surface area contributed by atoms with Gasteiger partial charge in [-0.1, -0.05) is 25.5 Å². The zero-order chi connectivity index (χ0) is 12.2. The Morgan fingerprint density at radius 2 is 2.00 bits per heavy atom. The van der Waals surface area contributed by atoms with Crippen LogP contribution in [-0.2, 0) is 10.3 Å². The summed E-state index contributed by atoms with van der Waals surface area (Å²) in [5.41, 5.74) is 5.22. The van der Waals surface area contributed by atoms with E-state index >= 15 is 0 Å². The van der Waals surface area contributed by atoms with Crippen LogP contribution in [0.1, 0.15) is 25.3 Å². The normalized spacial score (nSPS) is 14.2. The Labute approximate surface area is 95.0 Å². The van der Waals surface area contributed by atoms with Crippen molar-refractivity contribution in [3.05, 3.63) is 29.8 Å². The van der Waals surface area contributed by atoms with E-state index in [1.54, 1.807) is 31.4 Å². The van der Waals surface area contributed by atoms with Gasteiger partial charge in [-0.15, -0.1) is 0 Å². The van der Waals surface area contributed by atoms with Gasteiger partial charge in [0.2, 0.25) is 0 Å². The summed E-state index contributed by atoms with van der Waals surface area (Å²) >= 11 is 0. The zero-order valence-electron chi connectivity index (χ0n) is 9.56. The van der Waals surface area contributed by atoms with Gasteiger partial charge in [0, 0.05) is 0 Å². The first-order valence-corrected chi connectivity index (χ1v) is 5.21. The summed E-state index contributed by atoms with van der Waals surface area (Å²) in [6.07, 6.45) is 1.13. The third-order valence-electron chi connectivity index (χ3n) is 2.63. The molecule has 0 spiro atoms. The first kappa shape index (κ1) is 12.5. The summed E-state index contributed by atoms with van der Waals surface area (Å²) in [7, 11) is 1.56. The smallest absolute Gasteiger partial charge is 0.328 e. The molecule has 0 heterocycles. The van der Waals surface area contributed by atoms with E-state index < -0.39 is 11.5 Å². The van der Waals surface area contributed by atoms with Gasteiger partial charge in [-0.05, 0) is 24.1 Å². The quantitative estimate of drug-likeness (QED) is 0.797. The van der Waals surface area contributed by atoms with Crippen LogP contribution in [0, 0.1) is 0 Å². The summed E-state index contributed by atoms with van der Waals surface area (Å²) in [6.45, 7) is 1.91.